The summed E-state index contributed by atoms with van der Waals surface area (Å²) >= 11 is 0. The Hall–Kier alpha value is -1.92. The highest BCUT2D eigenvalue weighted by Crippen LogP contribution is 2.18. The second-order valence-corrected chi connectivity index (χ2v) is 23.5. The number of hydrogen-bond acceptors (Lipinski definition) is 5. The van der Waals surface area contributed by atoms with E-state index in [1.165, 1.54) is 295 Å². The van der Waals surface area contributed by atoms with Crippen molar-refractivity contribution in [2.24, 2.45) is 0 Å². The molecule has 6 heteroatoms. The van der Waals surface area contributed by atoms with E-state index < -0.39 is 12.1 Å². The number of aliphatic hydroxyl groups is 2. The number of esters is 1. The first-order chi connectivity index (χ1) is 37.5. The molecule has 0 aliphatic carbocycles. The maximum absolute atomic E-state index is 12.5. The van der Waals surface area contributed by atoms with Crippen LogP contribution in [0.5, 0.6) is 0 Å². The van der Waals surface area contributed by atoms with Gasteiger partial charge in [0.15, 0.2) is 0 Å². The van der Waals surface area contributed by atoms with Gasteiger partial charge in [0.05, 0.1) is 25.4 Å². The van der Waals surface area contributed by atoms with Crippen molar-refractivity contribution < 1.29 is 24.5 Å². The number of ether oxygens (including phenoxy) is 1. The summed E-state index contributed by atoms with van der Waals surface area (Å²) < 4.78 is 5.50. The minimum atomic E-state index is -0.844. The smallest absolute Gasteiger partial charge is 0.305 e. The lowest BCUT2D eigenvalue weighted by molar-refractivity contribution is -0.143. The molecule has 2 atom stereocenters. The van der Waals surface area contributed by atoms with Gasteiger partial charge in [-0.25, -0.2) is 0 Å². The molecule has 0 aliphatic heterocycles. The molecule has 0 aromatic carbocycles. The fourth-order valence-corrected chi connectivity index (χ4v) is 10.7. The first kappa shape index (κ1) is 74.1. The molecule has 0 saturated heterocycles. The van der Waals surface area contributed by atoms with Crippen molar-refractivity contribution in [1.29, 1.82) is 0 Å². The van der Waals surface area contributed by atoms with Crippen molar-refractivity contribution in [3.8, 4) is 0 Å². The molecule has 76 heavy (non-hydrogen) atoms. The van der Waals surface area contributed by atoms with Gasteiger partial charge in [0.2, 0.25) is 5.91 Å². The number of aliphatic hydroxyl groups excluding tert-OH is 2. The Morgan fingerprint density at radius 1 is 0.368 bits per heavy atom. The zero-order valence-corrected chi connectivity index (χ0v) is 51.3. The Balaban J connectivity index is 3.38. The van der Waals surface area contributed by atoms with Crippen molar-refractivity contribution in [3.63, 3.8) is 0 Å². The number of amides is 1. The van der Waals surface area contributed by atoms with Gasteiger partial charge in [-0.15, -0.1) is 0 Å². The van der Waals surface area contributed by atoms with Gasteiger partial charge in [0.1, 0.15) is 0 Å². The number of nitrogens with one attached hydrogen (secondary N) is 1. The number of hydrogen-bond donors (Lipinski definition) is 3. The first-order valence-electron chi connectivity index (χ1n) is 34.3. The maximum Gasteiger partial charge on any atom is 0.305 e. The van der Waals surface area contributed by atoms with Crippen LogP contribution in [0.2, 0.25) is 0 Å². The predicted octanol–water partition coefficient (Wildman–Crippen LogP) is 21.9. The molecule has 3 N–H and O–H groups in total. The van der Waals surface area contributed by atoms with Crippen LogP contribution < -0.4 is 5.32 Å². The number of carbonyl (C=O) groups is 2. The average Bonchev–Trinajstić information content (AvgIpc) is 3.42. The van der Waals surface area contributed by atoms with E-state index in [0.29, 0.717) is 19.4 Å². The van der Waals surface area contributed by atoms with E-state index in [1.807, 2.05) is 6.08 Å². The molecule has 6 nitrogen and oxygen atoms in total. The van der Waals surface area contributed by atoms with Gasteiger partial charge in [-0.3, -0.25) is 9.59 Å². The van der Waals surface area contributed by atoms with Crippen LogP contribution in [-0.4, -0.2) is 47.4 Å². The SMILES string of the molecule is CCCCC/C=C\C/C=C\CCCCCCCCCC(=O)OCCCCCCCCCCCCCCCCCCCCCCCCCCCC(=O)NC(CO)C(O)/C=C/CCCCCCCCCCCCCCCCC. The van der Waals surface area contributed by atoms with Crippen LogP contribution in [0.3, 0.4) is 0 Å². The largest absolute Gasteiger partial charge is 0.466 e. The summed E-state index contributed by atoms with van der Waals surface area (Å²) in [6, 6.07) is -0.627. The molecule has 0 heterocycles. The Kier molecular flexibility index (Phi) is 63.9. The van der Waals surface area contributed by atoms with E-state index in [-0.39, 0.29) is 18.5 Å². The standard InChI is InChI=1S/C70H133NO5/c1-3-5-7-9-11-13-15-17-19-30-34-38-42-46-50-54-58-62-68(73)67(66-72)71-69(74)63-59-55-51-47-43-39-35-32-28-26-24-22-21-23-25-27-29-33-37-41-45-49-53-57-61-65-76-70(75)64-60-56-52-48-44-40-36-31-20-18-16-14-12-10-8-6-4-2/h12,14,18,20,58,62,67-68,72-73H,3-11,13,15-17,19,21-57,59-61,63-66H2,1-2H3,(H,71,74)/b14-12-,20-18-,62-58+. The Bertz CT molecular complexity index is 1230. The van der Waals surface area contributed by atoms with Crippen LogP contribution in [-0.2, 0) is 14.3 Å². The fourth-order valence-electron chi connectivity index (χ4n) is 10.7. The molecule has 0 radical (unpaired) electrons. The van der Waals surface area contributed by atoms with Crippen molar-refractivity contribution in [2.75, 3.05) is 13.2 Å². The van der Waals surface area contributed by atoms with Crippen molar-refractivity contribution in [3.05, 3.63) is 36.5 Å². The maximum atomic E-state index is 12.5. The highest BCUT2D eigenvalue weighted by Gasteiger charge is 2.18. The van der Waals surface area contributed by atoms with Crippen LogP contribution in [0.1, 0.15) is 373 Å². The molecule has 0 aromatic rings. The van der Waals surface area contributed by atoms with Crippen LogP contribution in [0.15, 0.2) is 36.5 Å². The summed E-state index contributed by atoms with van der Waals surface area (Å²) in [5.74, 6) is -0.0552. The van der Waals surface area contributed by atoms with Gasteiger partial charge in [0, 0.05) is 12.8 Å². The number of allylic oxidation sites excluding steroid dienone is 5. The third-order valence-corrected chi connectivity index (χ3v) is 15.9. The van der Waals surface area contributed by atoms with Crippen molar-refractivity contribution >= 4 is 11.9 Å². The minimum absolute atomic E-state index is 0.00855. The molecule has 0 rings (SSSR count). The average molecular weight is 1070 g/mol. The van der Waals surface area contributed by atoms with Gasteiger partial charge in [-0.2, -0.15) is 0 Å². The molecule has 1 amide bonds. The normalized spacial score (nSPS) is 12.7. The van der Waals surface area contributed by atoms with Crippen LogP contribution in [0, 0.1) is 0 Å². The Morgan fingerprint density at radius 3 is 1.03 bits per heavy atom. The van der Waals surface area contributed by atoms with Gasteiger partial charge >= 0.3 is 5.97 Å². The van der Waals surface area contributed by atoms with E-state index in [4.69, 9.17) is 4.74 Å². The Labute approximate surface area is 474 Å². The van der Waals surface area contributed by atoms with E-state index in [0.717, 1.165) is 51.4 Å². The Morgan fingerprint density at radius 2 is 0.658 bits per heavy atom. The quantitative estimate of drug-likeness (QED) is 0.0320. The highest BCUT2D eigenvalue weighted by atomic mass is 16.5. The lowest BCUT2D eigenvalue weighted by atomic mass is 10.0. The molecular formula is C70H133NO5. The van der Waals surface area contributed by atoms with Crippen LogP contribution in [0.4, 0.5) is 0 Å². The monoisotopic (exact) mass is 1070 g/mol. The third-order valence-electron chi connectivity index (χ3n) is 15.9. The fraction of sp³-hybridized carbons (Fsp3) is 0.886. The van der Waals surface area contributed by atoms with Gasteiger partial charge in [-0.05, 0) is 64.2 Å². The molecule has 0 bridgehead atoms. The number of rotatable bonds is 64. The van der Waals surface area contributed by atoms with Gasteiger partial charge in [-0.1, -0.05) is 333 Å². The van der Waals surface area contributed by atoms with Crippen molar-refractivity contribution in [1.82, 2.24) is 5.32 Å². The molecule has 0 fully saturated rings. The number of unbranched alkanes of at least 4 members (excludes halogenated alkanes) is 49. The molecule has 0 spiro atoms. The van der Waals surface area contributed by atoms with Crippen LogP contribution in [0.25, 0.3) is 0 Å². The molecule has 0 saturated carbocycles. The van der Waals surface area contributed by atoms with E-state index >= 15 is 0 Å². The predicted molar refractivity (Wildman–Crippen MR) is 333 cm³/mol. The summed E-state index contributed by atoms with van der Waals surface area (Å²) in [7, 11) is 0. The second kappa shape index (κ2) is 65.6. The molecule has 0 aromatic heterocycles. The minimum Gasteiger partial charge on any atom is -0.466 e. The third kappa shape index (κ3) is 61.3. The topological polar surface area (TPSA) is 95.9 Å². The first-order valence-corrected chi connectivity index (χ1v) is 34.3. The summed E-state index contributed by atoms with van der Waals surface area (Å²) in [5, 5.41) is 23.2. The van der Waals surface area contributed by atoms with E-state index in [1.54, 1.807) is 6.08 Å². The highest BCUT2D eigenvalue weighted by molar-refractivity contribution is 5.76. The lowest BCUT2D eigenvalue weighted by Gasteiger charge is -2.20. The zero-order valence-electron chi connectivity index (χ0n) is 51.3. The summed E-state index contributed by atoms with van der Waals surface area (Å²) in [6.45, 7) is 4.90. The van der Waals surface area contributed by atoms with Gasteiger partial charge in [0.25, 0.3) is 0 Å². The summed E-state index contributed by atoms with van der Waals surface area (Å²) in [6.07, 6.45) is 83.5. The number of carbonyl (C=O) groups excluding carboxylic acids is 2. The molecule has 448 valence electrons. The van der Waals surface area contributed by atoms with E-state index in [9.17, 15) is 19.8 Å². The summed E-state index contributed by atoms with van der Waals surface area (Å²) in [5.41, 5.74) is 0. The molecule has 2 unspecified atom stereocenters. The second-order valence-electron chi connectivity index (χ2n) is 23.5. The van der Waals surface area contributed by atoms with E-state index in [2.05, 4.69) is 43.5 Å². The summed E-state index contributed by atoms with van der Waals surface area (Å²) in [4.78, 5) is 24.6. The van der Waals surface area contributed by atoms with Gasteiger partial charge < -0.3 is 20.3 Å². The van der Waals surface area contributed by atoms with Crippen molar-refractivity contribution in [2.45, 2.75) is 386 Å². The molecular weight excluding hydrogens is 935 g/mol. The zero-order chi connectivity index (χ0) is 55.0. The van der Waals surface area contributed by atoms with Crippen LogP contribution >= 0.6 is 0 Å². The molecule has 0 aliphatic rings. The lowest BCUT2D eigenvalue weighted by Crippen LogP contribution is -2.45.